The van der Waals surface area contributed by atoms with E-state index >= 15 is 0 Å². The molecule has 0 fully saturated rings. The largest absolute Gasteiger partial charge is 0.452 e. The van der Waals surface area contributed by atoms with Crippen LogP contribution in [0.5, 0.6) is 11.5 Å². The number of hydrogen-bond acceptors (Lipinski definition) is 4. The minimum absolute atomic E-state index is 0.162. The van der Waals surface area contributed by atoms with E-state index in [0.717, 1.165) is 0 Å². The third kappa shape index (κ3) is 3.90. The van der Waals surface area contributed by atoms with E-state index in [1.165, 1.54) is 12.1 Å². The second-order valence-electron chi connectivity index (χ2n) is 6.47. The van der Waals surface area contributed by atoms with Crippen molar-refractivity contribution in [3.63, 3.8) is 0 Å². The molecule has 29 heavy (non-hydrogen) atoms. The van der Waals surface area contributed by atoms with E-state index in [-0.39, 0.29) is 17.3 Å². The summed E-state index contributed by atoms with van der Waals surface area (Å²) in [5.41, 5.74) is 2.08. The van der Waals surface area contributed by atoms with Crippen molar-refractivity contribution in [3.05, 3.63) is 98.7 Å². The van der Waals surface area contributed by atoms with E-state index in [0.29, 0.717) is 38.0 Å². The molecule has 1 aliphatic rings. The van der Waals surface area contributed by atoms with Crippen LogP contribution in [0.15, 0.2) is 66.4 Å². The third-order valence-corrected chi connectivity index (χ3v) is 4.99. The molecule has 0 bridgehead atoms. The molecule has 144 valence electrons. The van der Waals surface area contributed by atoms with E-state index in [4.69, 9.17) is 32.7 Å². The Balaban J connectivity index is 1.63. The Morgan fingerprint density at radius 1 is 1.03 bits per heavy atom. The van der Waals surface area contributed by atoms with Crippen LogP contribution in [0.1, 0.15) is 31.8 Å². The first-order valence-corrected chi connectivity index (χ1v) is 9.49. The molecule has 0 aliphatic carbocycles. The van der Waals surface area contributed by atoms with Crippen molar-refractivity contribution >= 4 is 41.0 Å². The predicted octanol–water partition coefficient (Wildman–Crippen LogP) is 6.14. The summed E-state index contributed by atoms with van der Waals surface area (Å²) in [6.07, 6.45) is 1.60. The molecule has 4 nitrogen and oxygen atoms in total. The fourth-order valence-electron chi connectivity index (χ4n) is 3.05. The highest BCUT2D eigenvalue weighted by molar-refractivity contribution is 6.32. The zero-order valence-corrected chi connectivity index (χ0v) is 16.8. The molecule has 1 aliphatic heterocycles. The van der Waals surface area contributed by atoms with Crippen LogP contribution in [-0.4, -0.2) is 11.8 Å². The Hall–Kier alpha value is -3.08. The Kier molecular flexibility index (Phi) is 5.14. The normalized spacial score (nSPS) is 13.9. The number of allylic oxidation sites excluding steroid dienone is 1. The number of halogens is 2. The maximum Gasteiger partial charge on any atom is 0.343 e. The van der Waals surface area contributed by atoms with Crippen molar-refractivity contribution in [2.24, 2.45) is 0 Å². The maximum absolute atomic E-state index is 12.8. The second-order valence-corrected chi connectivity index (χ2v) is 7.32. The number of hydrogen-bond donors (Lipinski definition) is 0. The van der Waals surface area contributed by atoms with Gasteiger partial charge in [0.25, 0.3) is 0 Å². The molecule has 0 saturated carbocycles. The van der Waals surface area contributed by atoms with E-state index in [9.17, 15) is 9.59 Å². The topological polar surface area (TPSA) is 52.6 Å². The highest BCUT2D eigenvalue weighted by Gasteiger charge is 2.30. The van der Waals surface area contributed by atoms with Gasteiger partial charge in [-0.15, -0.1) is 0 Å². The monoisotopic (exact) mass is 424 g/mol. The maximum atomic E-state index is 12.8. The molecule has 4 rings (SSSR count). The molecule has 0 atom stereocenters. The molecule has 6 heteroatoms. The number of carbonyl (C=O) groups is 2. The molecular weight excluding hydrogens is 411 g/mol. The molecule has 0 amide bonds. The predicted molar refractivity (Wildman–Crippen MR) is 112 cm³/mol. The lowest BCUT2D eigenvalue weighted by atomic mass is 10.0. The molecule has 0 radical (unpaired) electrons. The van der Waals surface area contributed by atoms with Gasteiger partial charge < -0.3 is 9.47 Å². The molecule has 0 aromatic heterocycles. The summed E-state index contributed by atoms with van der Waals surface area (Å²) in [5, 5.41) is 0.952. The first kappa shape index (κ1) is 19.2. The molecule has 1 heterocycles. The summed E-state index contributed by atoms with van der Waals surface area (Å²) < 4.78 is 11.2. The zero-order valence-electron chi connectivity index (χ0n) is 15.2. The van der Waals surface area contributed by atoms with Crippen LogP contribution in [0.2, 0.25) is 10.0 Å². The van der Waals surface area contributed by atoms with Gasteiger partial charge in [0, 0.05) is 16.1 Å². The Morgan fingerprint density at radius 3 is 2.59 bits per heavy atom. The van der Waals surface area contributed by atoms with Gasteiger partial charge in [0.2, 0.25) is 5.78 Å². The number of rotatable bonds is 3. The number of carbonyl (C=O) groups excluding carboxylic acids is 2. The molecule has 0 unspecified atom stereocenters. The van der Waals surface area contributed by atoms with Gasteiger partial charge in [-0.3, -0.25) is 4.79 Å². The van der Waals surface area contributed by atoms with E-state index in [1.54, 1.807) is 55.5 Å². The minimum Gasteiger partial charge on any atom is -0.452 e. The number of benzene rings is 3. The van der Waals surface area contributed by atoms with Gasteiger partial charge in [-0.1, -0.05) is 47.5 Å². The van der Waals surface area contributed by atoms with Crippen molar-refractivity contribution in [2.75, 3.05) is 0 Å². The van der Waals surface area contributed by atoms with Crippen LogP contribution in [0.25, 0.3) is 6.08 Å². The molecule has 0 N–H and O–H groups in total. The van der Waals surface area contributed by atoms with E-state index in [2.05, 4.69) is 0 Å². The molecule has 0 spiro atoms. The third-order valence-electron chi connectivity index (χ3n) is 4.41. The average molecular weight is 425 g/mol. The Morgan fingerprint density at radius 2 is 1.83 bits per heavy atom. The van der Waals surface area contributed by atoms with Crippen molar-refractivity contribution in [1.82, 2.24) is 0 Å². The van der Waals surface area contributed by atoms with Gasteiger partial charge in [-0.05, 0) is 54.5 Å². The fourth-order valence-corrected chi connectivity index (χ4v) is 3.43. The van der Waals surface area contributed by atoms with Crippen molar-refractivity contribution in [2.45, 2.75) is 6.92 Å². The summed E-state index contributed by atoms with van der Waals surface area (Å²) >= 11 is 12.1. The van der Waals surface area contributed by atoms with Crippen LogP contribution in [0.3, 0.4) is 0 Å². The average Bonchev–Trinajstić information content (AvgIpc) is 2.99. The van der Waals surface area contributed by atoms with Gasteiger partial charge in [-0.25, -0.2) is 4.79 Å². The SMILES string of the molecule is Cc1cc(OC(=O)c2cccc(Cl)c2)cc2c1C(=O)/C(=C/c1ccccc1Cl)O2. The van der Waals surface area contributed by atoms with Crippen LogP contribution in [-0.2, 0) is 0 Å². The van der Waals surface area contributed by atoms with Crippen molar-refractivity contribution in [1.29, 1.82) is 0 Å². The summed E-state index contributed by atoms with van der Waals surface area (Å²) in [6.45, 7) is 1.76. The van der Waals surface area contributed by atoms with Crippen LogP contribution in [0, 0.1) is 6.92 Å². The zero-order chi connectivity index (χ0) is 20.5. The minimum atomic E-state index is -0.553. The van der Waals surface area contributed by atoms with Crippen LogP contribution >= 0.6 is 23.2 Å². The first-order valence-electron chi connectivity index (χ1n) is 8.73. The quantitative estimate of drug-likeness (QED) is 0.288. The highest BCUT2D eigenvalue weighted by Crippen LogP contribution is 2.38. The number of esters is 1. The fraction of sp³-hybridized carbons (Fsp3) is 0.0435. The van der Waals surface area contributed by atoms with E-state index < -0.39 is 5.97 Å². The van der Waals surface area contributed by atoms with Crippen molar-refractivity contribution in [3.8, 4) is 11.5 Å². The number of aryl methyl sites for hydroxylation is 1. The van der Waals surface area contributed by atoms with Gasteiger partial charge in [0.1, 0.15) is 11.5 Å². The highest BCUT2D eigenvalue weighted by atomic mass is 35.5. The van der Waals surface area contributed by atoms with Crippen molar-refractivity contribution < 1.29 is 19.1 Å². The van der Waals surface area contributed by atoms with Gasteiger partial charge >= 0.3 is 5.97 Å². The second kappa shape index (κ2) is 7.74. The number of ether oxygens (including phenoxy) is 2. The standard InChI is InChI=1S/C23H14Cl2O4/c1-13-9-17(28-23(27)15-6-4-7-16(24)10-15)12-19-21(13)22(26)20(29-19)11-14-5-2-3-8-18(14)25/h2-12H,1H3/b20-11-. The number of ketones is 1. The van der Waals surface area contributed by atoms with Crippen LogP contribution in [0.4, 0.5) is 0 Å². The summed E-state index contributed by atoms with van der Waals surface area (Å²) in [7, 11) is 0. The Bertz CT molecular complexity index is 1180. The summed E-state index contributed by atoms with van der Waals surface area (Å²) in [4.78, 5) is 25.1. The van der Waals surface area contributed by atoms with Crippen LogP contribution < -0.4 is 9.47 Å². The molecular formula is C23H14Cl2O4. The van der Waals surface area contributed by atoms with E-state index in [1.807, 2.05) is 6.07 Å². The smallest absolute Gasteiger partial charge is 0.343 e. The number of fused-ring (bicyclic) bond motifs is 1. The van der Waals surface area contributed by atoms with Gasteiger partial charge in [0.15, 0.2) is 5.76 Å². The number of Topliss-reactive ketones (excluding diaryl/α,β-unsaturated/α-hetero) is 1. The molecule has 0 saturated heterocycles. The summed E-state index contributed by atoms with van der Waals surface area (Å²) in [5.74, 6) is -0.0251. The first-order chi connectivity index (χ1) is 13.9. The van der Waals surface area contributed by atoms with Gasteiger partial charge in [-0.2, -0.15) is 0 Å². The molecule has 3 aromatic rings. The molecule has 3 aromatic carbocycles. The Labute approximate surface area is 177 Å². The lowest BCUT2D eigenvalue weighted by Gasteiger charge is -2.08. The lowest BCUT2D eigenvalue weighted by Crippen LogP contribution is -2.08. The lowest BCUT2D eigenvalue weighted by molar-refractivity contribution is 0.0734. The summed E-state index contributed by atoms with van der Waals surface area (Å²) in [6, 6.07) is 16.8. The van der Waals surface area contributed by atoms with Gasteiger partial charge in [0.05, 0.1) is 11.1 Å².